The van der Waals surface area contributed by atoms with E-state index in [0.717, 1.165) is 5.56 Å². The first-order valence-corrected chi connectivity index (χ1v) is 4.54. The Kier molecular flexibility index (Phi) is 3.42. The number of H-pyrrole nitrogens is 1. The Morgan fingerprint density at radius 2 is 1.94 bits per heavy atom. The number of benzene rings is 1. The van der Waals surface area contributed by atoms with Crippen molar-refractivity contribution in [3.8, 4) is 11.4 Å². The Labute approximate surface area is 92.1 Å². The Morgan fingerprint density at radius 3 is 2.44 bits per heavy atom. The maximum Gasteiger partial charge on any atom is 0.356 e. The molecule has 0 saturated carbocycles. The maximum absolute atomic E-state index is 10.8. The van der Waals surface area contributed by atoms with E-state index in [0.29, 0.717) is 11.5 Å². The number of carboxylic acid groups (broad SMARTS) is 1. The number of aromatic nitrogens is 2. The quantitative estimate of drug-likeness (QED) is 0.797. The summed E-state index contributed by atoms with van der Waals surface area (Å²) < 4.78 is 0. The van der Waals surface area contributed by atoms with Crippen LogP contribution in [0.15, 0.2) is 30.3 Å². The summed E-state index contributed by atoms with van der Waals surface area (Å²) in [6.07, 6.45) is 0. The second-order valence-corrected chi connectivity index (χ2v) is 3.23. The second kappa shape index (κ2) is 4.59. The Morgan fingerprint density at radius 1 is 1.31 bits per heavy atom. The van der Waals surface area contributed by atoms with Crippen molar-refractivity contribution in [2.75, 3.05) is 0 Å². The van der Waals surface area contributed by atoms with Gasteiger partial charge in [0.15, 0.2) is 5.69 Å². The van der Waals surface area contributed by atoms with Gasteiger partial charge in [0.1, 0.15) is 5.82 Å². The van der Waals surface area contributed by atoms with Crippen LogP contribution in [0, 0.1) is 6.92 Å². The van der Waals surface area contributed by atoms with Gasteiger partial charge in [-0.3, -0.25) is 0 Å². The summed E-state index contributed by atoms with van der Waals surface area (Å²) in [5.74, 6) is -0.420. The number of nitrogens with zero attached hydrogens (tertiary/aromatic N) is 1. The number of hydrogen-bond acceptors (Lipinski definition) is 2. The zero-order valence-corrected chi connectivity index (χ0v) is 8.69. The van der Waals surface area contributed by atoms with Crippen LogP contribution in [-0.4, -0.2) is 26.5 Å². The van der Waals surface area contributed by atoms with Gasteiger partial charge in [-0.05, 0) is 6.92 Å². The number of aromatic carboxylic acids is 1. The molecule has 4 N–H and O–H groups in total. The number of hydrogen-bond donors (Lipinski definition) is 2. The Bertz CT molecular complexity index is 491. The molecule has 0 fully saturated rings. The maximum atomic E-state index is 10.8. The fourth-order valence-corrected chi connectivity index (χ4v) is 1.40. The third-order valence-corrected chi connectivity index (χ3v) is 2.13. The molecule has 0 unspecified atom stereocenters. The topological polar surface area (TPSA) is 97.5 Å². The van der Waals surface area contributed by atoms with Gasteiger partial charge >= 0.3 is 5.97 Å². The minimum Gasteiger partial charge on any atom is -0.476 e. The van der Waals surface area contributed by atoms with Crippen molar-refractivity contribution in [3.63, 3.8) is 0 Å². The molecular formula is C11H12N2O3. The molecule has 0 bridgehead atoms. The Hall–Kier alpha value is -2.14. The number of rotatable bonds is 2. The highest BCUT2D eigenvalue weighted by Gasteiger charge is 2.13. The molecule has 2 aromatic rings. The molecule has 1 aromatic heterocycles. The summed E-state index contributed by atoms with van der Waals surface area (Å²) in [5, 5.41) is 8.84. The van der Waals surface area contributed by atoms with E-state index >= 15 is 0 Å². The summed E-state index contributed by atoms with van der Waals surface area (Å²) in [7, 11) is 0. The lowest BCUT2D eigenvalue weighted by Crippen LogP contribution is -1.98. The van der Waals surface area contributed by atoms with E-state index in [1.165, 1.54) is 0 Å². The van der Waals surface area contributed by atoms with Gasteiger partial charge in [0, 0.05) is 11.3 Å². The van der Waals surface area contributed by atoms with E-state index in [9.17, 15) is 4.79 Å². The van der Waals surface area contributed by atoms with Crippen molar-refractivity contribution in [2.24, 2.45) is 0 Å². The predicted octanol–water partition coefficient (Wildman–Crippen LogP) is 1.26. The van der Waals surface area contributed by atoms with Crippen molar-refractivity contribution < 1.29 is 15.4 Å². The first-order chi connectivity index (χ1) is 7.18. The van der Waals surface area contributed by atoms with Gasteiger partial charge in [-0.15, -0.1) is 0 Å². The van der Waals surface area contributed by atoms with Gasteiger partial charge in [0.2, 0.25) is 0 Å². The van der Waals surface area contributed by atoms with Crippen LogP contribution in [0.3, 0.4) is 0 Å². The van der Waals surface area contributed by atoms with Crippen molar-refractivity contribution in [1.29, 1.82) is 0 Å². The smallest absolute Gasteiger partial charge is 0.356 e. The van der Waals surface area contributed by atoms with Crippen LogP contribution in [-0.2, 0) is 0 Å². The number of aryl methyl sites for hydroxylation is 1. The van der Waals surface area contributed by atoms with Crippen molar-refractivity contribution in [2.45, 2.75) is 6.92 Å². The average molecular weight is 220 g/mol. The standard InChI is InChI=1S/C11H10N2O2.H2O/c1-7-9(11(14)15)13-10(12-7)8-5-3-2-4-6-8;/h2-6H,1H3,(H,12,13)(H,14,15);1H2. The van der Waals surface area contributed by atoms with Gasteiger partial charge in [0.25, 0.3) is 0 Å². The average Bonchev–Trinajstić information content (AvgIpc) is 2.62. The molecule has 5 heteroatoms. The molecular weight excluding hydrogens is 208 g/mol. The number of aromatic amines is 1. The lowest BCUT2D eigenvalue weighted by molar-refractivity contribution is 0.0690. The SMILES string of the molecule is Cc1[nH]c(-c2ccccc2)nc1C(=O)O.O. The van der Waals surface area contributed by atoms with Gasteiger partial charge in [0.05, 0.1) is 0 Å². The van der Waals surface area contributed by atoms with Crippen LogP contribution >= 0.6 is 0 Å². The van der Waals surface area contributed by atoms with Crippen LogP contribution in [0.1, 0.15) is 16.2 Å². The van der Waals surface area contributed by atoms with Crippen molar-refractivity contribution in [1.82, 2.24) is 9.97 Å². The largest absolute Gasteiger partial charge is 0.476 e. The fraction of sp³-hybridized carbons (Fsp3) is 0.0909. The van der Waals surface area contributed by atoms with E-state index in [-0.39, 0.29) is 11.2 Å². The molecule has 0 radical (unpaired) electrons. The minimum atomic E-state index is -1.01. The monoisotopic (exact) mass is 220 g/mol. The molecule has 0 aliphatic carbocycles. The number of imidazole rings is 1. The molecule has 1 aromatic carbocycles. The first-order valence-electron chi connectivity index (χ1n) is 4.54. The molecule has 0 aliphatic heterocycles. The van der Waals surface area contributed by atoms with Crippen LogP contribution in [0.5, 0.6) is 0 Å². The fourth-order valence-electron chi connectivity index (χ4n) is 1.40. The minimum absolute atomic E-state index is 0. The van der Waals surface area contributed by atoms with E-state index < -0.39 is 5.97 Å². The van der Waals surface area contributed by atoms with Gasteiger partial charge in [-0.1, -0.05) is 30.3 Å². The molecule has 0 aliphatic rings. The van der Waals surface area contributed by atoms with Gasteiger partial charge < -0.3 is 15.6 Å². The van der Waals surface area contributed by atoms with Crippen molar-refractivity contribution in [3.05, 3.63) is 41.7 Å². The third kappa shape index (κ3) is 2.09. The second-order valence-electron chi connectivity index (χ2n) is 3.23. The lowest BCUT2D eigenvalue weighted by atomic mass is 10.2. The summed E-state index contributed by atoms with van der Waals surface area (Å²) >= 11 is 0. The van der Waals surface area contributed by atoms with Crippen LogP contribution in [0.25, 0.3) is 11.4 Å². The number of nitrogens with one attached hydrogen (secondary N) is 1. The zero-order valence-electron chi connectivity index (χ0n) is 8.69. The third-order valence-electron chi connectivity index (χ3n) is 2.13. The molecule has 0 amide bonds. The normalized spacial score (nSPS) is 9.56. The van der Waals surface area contributed by atoms with E-state index in [1.807, 2.05) is 30.3 Å². The molecule has 16 heavy (non-hydrogen) atoms. The van der Waals surface area contributed by atoms with Crippen molar-refractivity contribution >= 4 is 5.97 Å². The van der Waals surface area contributed by atoms with Crippen LogP contribution in [0.2, 0.25) is 0 Å². The van der Waals surface area contributed by atoms with E-state index in [1.54, 1.807) is 6.92 Å². The lowest BCUT2D eigenvalue weighted by Gasteiger charge is -1.93. The van der Waals surface area contributed by atoms with E-state index in [2.05, 4.69) is 9.97 Å². The summed E-state index contributed by atoms with van der Waals surface area (Å²) in [6.45, 7) is 1.70. The highest BCUT2D eigenvalue weighted by Crippen LogP contribution is 2.17. The summed E-state index contributed by atoms with van der Waals surface area (Å²) in [6, 6.07) is 9.42. The molecule has 84 valence electrons. The predicted molar refractivity (Wildman–Crippen MR) is 59.3 cm³/mol. The molecule has 2 rings (SSSR count). The molecule has 0 spiro atoms. The zero-order chi connectivity index (χ0) is 10.8. The van der Waals surface area contributed by atoms with Crippen LogP contribution in [0.4, 0.5) is 0 Å². The van der Waals surface area contributed by atoms with Crippen LogP contribution < -0.4 is 0 Å². The molecule has 5 nitrogen and oxygen atoms in total. The highest BCUT2D eigenvalue weighted by molar-refractivity contribution is 5.87. The summed E-state index contributed by atoms with van der Waals surface area (Å²) in [5.41, 5.74) is 1.53. The molecule has 1 heterocycles. The Balaban J connectivity index is 0.00000128. The molecule has 0 saturated heterocycles. The first kappa shape index (κ1) is 11.9. The summed E-state index contributed by atoms with van der Waals surface area (Å²) in [4.78, 5) is 17.8. The van der Waals surface area contributed by atoms with E-state index in [4.69, 9.17) is 5.11 Å². The number of carboxylic acids is 1. The molecule has 0 atom stereocenters. The number of carbonyl (C=O) groups is 1. The highest BCUT2D eigenvalue weighted by atomic mass is 16.4. The van der Waals surface area contributed by atoms with Gasteiger partial charge in [-0.25, -0.2) is 9.78 Å². The van der Waals surface area contributed by atoms with Gasteiger partial charge in [-0.2, -0.15) is 0 Å².